The second-order valence-corrected chi connectivity index (χ2v) is 3.49. The topological polar surface area (TPSA) is 110 Å². The largest absolute Gasteiger partial charge is 0.382 e. The Hall–Kier alpha value is -2.24. The minimum absolute atomic E-state index is 0.124. The summed E-state index contributed by atoms with van der Waals surface area (Å²) in [6.07, 6.45) is 1.28. The maximum atomic E-state index is 10.8. The second kappa shape index (κ2) is 7.97. The lowest BCUT2D eigenvalue weighted by atomic mass is 10.3. The number of aromatic nitrogens is 1. The Kier molecular flexibility index (Phi) is 6.21. The number of hydrogen-bond donors (Lipinski definition) is 1. The van der Waals surface area contributed by atoms with Crippen molar-refractivity contribution in [1.82, 2.24) is 4.98 Å². The molecule has 102 valence electrons. The predicted molar refractivity (Wildman–Crippen MR) is 66.8 cm³/mol. The summed E-state index contributed by atoms with van der Waals surface area (Å²) < 4.78 is 10.0. The van der Waals surface area contributed by atoms with Crippen molar-refractivity contribution in [3.8, 4) is 6.07 Å². The van der Waals surface area contributed by atoms with Crippen molar-refractivity contribution in [3.63, 3.8) is 0 Å². The van der Waals surface area contributed by atoms with E-state index < -0.39 is 4.92 Å². The average Bonchev–Trinajstić information content (AvgIpc) is 2.42. The molecule has 0 bridgehead atoms. The fourth-order valence-electron chi connectivity index (χ4n) is 1.28. The molecule has 0 aliphatic carbocycles. The number of anilines is 1. The lowest BCUT2D eigenvalue weighted by Gasteiger charge is -2.07. The van der Waals surface area contributed by atoms with Crippen LogP contribution in [0.25, 0.3) is 0 Å². The molecule has 0 fully saturated rings. The zero-order chi connectivity index (χ0) is 14.1. The summed E-state index contributed by atoms with van der Waals surface area (Å²) in [6.45, 7) is 1.71. The molecule has 1 heterocycles. The molecule has 0 aliphatic rings. The van der Waals surface area contributed by atoms with Crippen molar-refractivity contribution in [2.24, 2.45) is 0 Å². The van der Waals surface area contributed by atoms with E-state index in [1.807, 2.05) is 0 Å². The summed E-state index contributed by atoms with van der Waals surface area (Å²) >= 11 is 0. The van der Waals surface area contributed by atoms with Crippen LogP contribution < -0.4 is 5.32 Å². The van der Waals surface area contributed by atoms with Crippen molar-refractivity contribution >= 4 is 11.5 Å². The quantitative estimate of drug-likeness (QED) is 0.423. The van der Waals surface area contributed by atoms with E-state index >= 15 is 0 Å². The predicted octanol–water partition coefficient (Wildman–Crippen LogP) is 0.936. The van der Waals surface area contributed by atoms with E-state index in [4.69, 9.17) is 14.7 Å². The number of nitrogens with one attached hydrogen (secondary N) is 1. The molecule has 1 aromatic heterocycles. The summed E-state index contributed by atoms with van der Waals surface area (Å²) in [6, 6.07) is 2.99. The van der Waals surface area contributed by atoms with Gasteiger partial charge in [-0.2, -0.15) is 5.26 Å². The standard InChI is InChI=1S/C11H14N4O4/c1-18-4-5-19-3-2-13-11-10(15(16)17)6-9(7-12)8-14-11/h6,8H,2-5H2,1H3,(H,13,14). The van der Waals surface area contributed by atoms with Crippen LogP contribution in [0.5, 0.6) is 0 Å². The van der Waals surface area contributed by atoms with Gasteiger partial charge in [0.1, 0.15) is 6.07 Å². The maximum absolute atomic E-state index is 10.8. The first kappa shape index (κ1) is 14.8. The minimum atomic E-state index is -0.581. The summed E-state index contributed by atoms with van der Waals surface area (Å²) in [7, 11) is 1.58. The van der Waals surface area contributed by atoms with Gasteiger partial charge in [-0.05, 0) is 0 Å². The molecule has 8 heteroatoms. The van der Waals surface area contributed by atoms with Crippen LogP contribution in [0.4, 0.5) is 11.5 Å². The molecule has 0 spiro atoms. The number of ether oxygens (including phenoxy) is 2. The van der Waals surface area contributed by atoms with Crippen LogP contribution in [0, 0.1) is 21.4 Å². The molecule has 1 aromatic rings. The first-order chi connectivity index (χ1) is 9.19. The Balaban J connectivity index is 2.53. The molecule has 1 rings (SSSR count). The molecule has 8 nitrogen and oxygen atoms in total. The molecular weight excluding hydrogens is 252 g/mol. The van der Waals surface area contributed by atoms with Crippen LogP contribution >= 0.6 is 0 Å². The van der Waals surface area contributed by atoms with E-state index in [2.05, 4.69) is 10.3 Å². The summed E-state index contributed by atoms with van der Waals surface area (Å²) in [5.74, 6) is 0.124. The Labute approximate surface area is 110 Å². The number of methoxy groups -OCH3 is 1. The molecule has 0 aromatic carbocycles. The summed E-state index contributed by atoms with van der Waals surface area (Å²) in [4.78, 5) is 14.1. The average molecular weight is 266 g/mol. The highest BCUT2D eigenvalue weighted by Crippen LogP contribution is 2.21. The molecule has 0 amide bonds. The van der Waals surface area contributed by atoms with Crippen molar-refractivity contribution < 1.29 is 14.4 Å². The third kappa shape index (κ3) is 4.87. The van der Waals surface area contributed by atoms with Gasteiger partial charge in [0.2, 0.25) is 5.82 Å². The third-order valence-electron chi connectivity index (χ3n) is 2.16. The summed E-state index contributed by atoms with van der Waals surface area (Å²) in [5, 5.41) is 22.3. The lowest BCUT2D eigenvalue weighted by Crippen LogP contribution is -2.13. The monoisotopic (exact) mass is 266 g/mol. The fourth-order valence-corrected chi connectivity index (χ4v) is 1.28. The van der Waals surface area contributed by atoms with Gasteiger partial charge < -0.3 is 14.8 Å². The van der Waals surface area contributed by atoms with Crippen molar-refractivity contribution in [2.45, 2.75) is 0 Å². The molecule has 0 saturated heterocycles. The van der Waals surface area contributed by atoms with Crippen molar-refractivity contribution in [2.75, 3.05) is 38.8 Å². The number of rotatable bonds is 8. The van der Waals surface area contributed by atoms with Crippen LogP contribution in [0.1, 0.15) is 5.56 Å². The normalized spacial score (nSPS) is 9.89. The molecule has 1 N–H and O–H groups in total. The molecule has 0 atom stereocenters. The summed E-state index contributed by atoms with van der Waals surface area (Å²) in [5.41, 5.74) is -0.0791. The molecular formula is C11H14N4O4. The zero-order valence-corrected chi connectivity index (χ0v) is 10.5. The van der Waals surface area contributed by atoms with E-state index in [9.17, 15) is 10.1 Å². The smallest absolute Gasteiger partial charge is 0.312 e. The molecule has 19 heavy (non-hydrogen) atoms. The first-order valence-electron chi connectivity index (χ1n) is 5.54. The van der Waals surface area contributed by atoms with Gasteiger partial charge in [0.05, 0.1) is 30.3 Å². The van der Waals surface area contributed by atoms with Crippen LogP contribution in [-0.4, -0.2) is 43.4 Å². The van der Waals surface area contributed by atoms with Gasteiger partial charge in [-0.1, -0.05) is 0 Å². The van der Waals surface area contributed by atoms with Crippen LogP contribution in [0.2, 0.25) is 0 Å². The third-order valence-corrected chi connectivity index (χ3v) is 2.16. The van der Waals surface area contributed by atoms with Gasteiger partial charge >= 0.3 is 5.69 Å². The molecule has 0 unspecified atom stereocenters. The number of pyridine rings is 1. The highest BCUT2D eigenvalue weighted by atomic mass is 16.6. The Morgan fingerprint density at radius 3 is 2.95 bits per heavy atom. The molecule has 0 radical (unpaired) electrons. The Morgan fingerprint density at radius 1 is 1.53 bits per heavy atom. The maximum Gasteiger partial charge on any atom is 0.312 e. The molecule has 0 aliphatic heterocycles. The molecule has 0 saturated carbocycles. The Morgan fingerprint density at radius 2 is 2.32 bits per heavy atom. The van der Waals surface area contributed by atoms with E-state index in [0.717, 1.165) is 0 Å². The highest BCUT2D eigenvalue weighted by molar-refractivity contribution is 5.58. The van der Waals surface area contributed by atoms with Crippen LogP contribution in [0.3, 0.4) is 0 Å². The Bertz CT molecular complexity index is 472. The highest BCUT2D eigenvalue weighted by Gasteiger charge is 2.15. The second-order valence-electron chi connectivity index (χ2n) is 3.49. The fraction of sp³-hybridized carbons (Fsp3) is 0.455. The minimum Gasteiger partial charge on any atom is -0.382 e. The first-order valence-corrected chi connectivity index (χ1v) is 5.54. The zero-order valence-electron chi connectivity index (χ0n) is 10.5. The van der Waals surface area contributed by atoms with Crippen molar-refractivity contribution in [3.05, 3.63) is 27.9 Å². The van der Waals surface area contributed by atoms with Crippen LogP contribution in [0.15, 0.2) is 12.3 Å². The van der Waals surface area contributed by atoms with Gasteiger partial charge in [0.15, 0.2) is 0 Å². The number of hydrogen-bond acceptors (Lipinski definition) is 7. The van der Waals surface area contributed by atoms with Gasteiger partial charge in [0.25, 0.3) is 0 Å². The number of nitro groups is 1. The van der Waals surface area contributed by atoms with Crippen LogP contribution in [-0.2, 0) is 9.47 Å². The van der Waals surface area contributed by atoms with Gasteiger partial charge in [-0.3, -0.25) is 10.1 Å². The van der Waals surface area contributed by atoms with Gasteiger partial charge in [0, 0.05) is 25.9 Å². The van der Waals surface area contributed by atoms with E-state index in [1.54, 1.807) is 13.2 Å². The van der Waals surface area contributed by atoms with Gasteiger partial charge in [-0.25, -0.2) is 4.98 Å². The van der Waals surface area contributed by atoms with E-state index in [-0.39, 0.29) is 17.1 Å². The number of nitriles is 1. The van der Waals surface area contributed by atoms with Gasteiger partial charge in [-0.15, -0.1) is 0 Å². The van der Waals surface area contributed by atoms with Crippen molar-refractivity contribution in [1.29, 1.82) is 5.26 Å². The lowest BCUT2D eigenvalue weighted by molar-refractivity contribution is -0.384. The van der Waals surface area contributed by atoms with E-state index in [1.165, 1.54) is 12.3 Å². The SMILES string of the molecule is COCCOCCNc1ncc(C#N)cc1[N+](=O)[O-]. The van der Waals surface area contributed by atoms with E-state index in [0.29, 0.717) is 26.4 Å². The number of nitrogens with zero attached hydrogens (tertiary/aromatic N) is 3.